The summed E-state index contributed by atoms with van der Waals surface area (Å²) in [6.07, 6.45) is 0. The maximum absolute atomic E-state index is 4.85. The Bertz CT molecular complexity index is 10.9. The van der Waals surface area contributed by atoms with E-state index >= 15 is 0 Å². The molecule has 2 radical (unpaired) electrons. The largest absolute Gasteiger partial charge is 0.486 e. The van der Waals surface area contributed by atoms with Crippen LogP contribution < -0.4 is 11.5 Å². The molecular weight excluding hydrogens is 242 g/mol. The fourth-order valence-electron chi connectivity index (χ4n) is 0. The predicted octanol–water partition coefficient (Wildman–Crippen LogP) is -0.303. The summed E-state index contributed by atoms with van der Waals surface area (Å²) in [6.45, 7) is 2.65. The van der Waals surface area contributed by atoms with E-state index in [1.165, 1.54) is 0 Å². The smallest absolute Gasteiger partial charge is 0 e. The number of nitrogens with two attached hydrogens (primary N) is 2. The van der Waals surface area contributed by atoms with Gasteiger partial charge in [0.15, 0.2) is 0 Å². The Balaban J connectivity index is -0.0000000105. The molecule has 4 heteroatoms. The van der Waals surface area contributed by atoms with Crippen molar-refractivity contribution in [1.29, 1.82) is 0 Å². The predicted molar refractivity (Wildman–Crippen MR) is 24.3 cm³/mol. The van der Waals surface area contributed by atoms with Gasteiger partial charge in [-0.2, -0.15) is 0 Å². The van der Waals surface area contributed by atoms with Crippen LogP contribution in [0.15, 0.2) is 0 Å². The van der Waals surface area contributed by atoms with Crippen molar-refractivity contribution in [2.75, 3.05) is 6.54 Å². The first-order valence-corrected chi connectivity index (χ1v) is 1.52. The zero-order valence-corrected chi connectivity index (χ0v) is 10.4. The van der Waals surface area contributed by atoms with E-state index in [0.29, 0.717) is 0 Å². The molecule has 0 heterocycles. The Kier molecular flexibility index (Phi) is 138. The molecule has 0 saturated heterocycles. The van der Waals surface area contributed by atoms with Crippen LogP contribution in [-0.4, -0.2) is 6.54 Å². The van der Waals surface area contributed by atoms with E-state index in [0.717, 1.165) is 6.54 Å². The third kappa shape index (κ3) is 67.4. The van der Waals surface area contributed by atoms with Crippen LogP contribution >= 0.6 is 0 Å². The van der Waals surface area contributed by atoms with Crippen LogP contribution in [-0.2, 0) is 65.4 Å². The molecular formula is C3H11N2Y2-. The van der Waals surface area contributed by atoms with Crippen LogP contribution in [0.25, 0.3) is 0 Å². The van der Waals surface area contributed by atoms with Gasteiger partial charge in [-0.1, -0.05) is 6.92 Å². The Morgan fingerprint density at radius 1 is 1.29 bits per heavy atom. The summed E-state index contributed by atoms with van der Waals surface area (Å²) in [5.74, 6) is 0. The van der Waals surface area contributed by atoms with Crippen molar-refractivity contribution in [2.45, 2.75) is 6.92 Å². The molecule has 0 aromatic carbocycles. The summed E-state index contributed by atoms with van der Waals surface area (Å²) in [5, 5.41) is 0. The topological polar surface area (TPSA) is 52.0 Å². The summed E-state index contributed by atoms with van der Waals surface area (Å²) < 4.78 is 0. The Labute approximate surface area is 95.9 Å². The van der Waals surface area contributed by atoms with Crippen molar-refractivity contribution in [1.82, 2.24) is 0 Å². The molecule has 0 aliphatic carbocycles. The molecule has 0 unspecified atom stereocenters. The van der Waals surface area contributed by atoms with Crippen molar-refractivity contribution in [2.24, 2.45) is 11.5 Å². The molecule has 0 aliphatic rings. The molecule has 0 rings (SSSR count). The molecule has 0 spiro atoms. The van der Waals surface area contributed by atoms with E-state index in [9.17, 15) is 0 Å². The van der Waals surface area contributed by atoms with Crippen molar-refractivity contribution in [3.8, 4) is 0 Å². The molecule has 2 nitrogen and oxygen atoms in total. The van der Waals surface area contributed by atoms with Crippen LogP contribution in [0.4, 0.5) is 0 Å². The number of hydrogen-bond donors (Lipinski definition) is 2. The number of hydrogen-bond acceptors (Lipinski definition) is 2. The average molecular weight is 253 g/mol. The van der Waals surface area contributed by atoms with Gasteiger partial charge in [0.1, 0.15) is 0 Å². The van der Waals surface area contributed by atoms with Gasteiger partial charge in [-0.25, -0.2) is 0 Å². The van der Waals surface area contributed by atoms with Gasteiger partial charge in [-0.05, 0) is 6.54 Å². The van der Waals surface area contributed by atoms with E-state index in [2.05, 4.69) is 12.8 Å². The molecule has 40 valence electrons. The maximum atomic E-state index is 4.85. The molecule has 0 aliphatic heterocycles. The summed E-state index contributed by atoms with van der Waals surface area (Å²) in [7, 11) is 2.75. The van der Waals surface area contributed by atoms with Gasteiger partial charge < -0.3 is 11.5 Å². The van der Waals surface area contributed by atoms with Crippen molar-refractivity contribution < 1.29 is 65.4 Å². The van der Waals surface area contributed by atoms with Gasteiger partial charge in [-0.3, -0.25) is 7.05 Å². The molecule has 0 atom stereocenters. The van der Waals surface area contributed by atoms with Crippen LogP contribution in [0.2, 0.25) is 0 Å². The Hall–Kier alpha value is 2.13. The summed E-state index contributed by atoms with van der Waals surface area (Å²) in [6, 6.07) is 0. The minimum Gasteiger partial charge on any atom is -0.486 e. The van der Waals surface area contributed by atoms with Crippen molar-refractivity contribution in [3.05, 3.63) is 7.05 Å². The van der Waals surface area contributed by atoms with Crippen molar-refractivity contribution in [3.63, 3.8) is 0 Å². The first-order valence-electron chi connectivity index (χ1n) is 1.52. The van der Waals surface area contributed by atoms with E-state index in [-0.39, 0.29) is 65.4 Å². The second-order valence-corrected chi connectivity index (χ2v) is 0.408. The fourth-order valence-corrected chi connectivity index (χ4v) is 0. The Morgan fingerprint density at radius 3 is 1.29 bits per heavy atom. The van der Waals surface area contributed by atoms with Gasteiger partial charge in [0.25, 0.3) is 0 Å². The first-order chi connectivity index (χ1) is 2.41. The summed E-state index contributed by atoms with van der Waals surface area (Å²) >= 11 is 0. The number of rotatable bonds is 0. The average Bonchev–Trinajstić information content (AvgIpc) is 1.46. The molecule has 0 fully saturated rings. The first kappa shape index (κ1) is 22.9. The zero-order valence-electron chi connectivity index (χ0n) is 4.72. The second kappa shape index (κ2) is 42.2. The molecule has 0 aromatic heterocycles. The maximum Gasteiger partial charge on any atom is 0 e. The normalized spacial score (nSPS) is 3.43. The SMILES string of the molecule is CCN.[CH2-]N.[Y].[Y]. The zero-order chi connectivity index (χ0) is 4.71. The van der Waals surface area contributed by atoms with Crippen LogP contribution in [0, 0.1) is 7.05 Å². The third-order valence-corrected chi connectivity index (χ3v) is 0. The van der Waals surface area contributed by atoms with Crippen LogP contribution in [0.3, 0.4) is 0 Å². The van der Waals surface area contributed by atoms with Crippen LogP contribution in [0.1, 0.15) is 6.92 Å². The molecule has 0 amide bonds. The summed E-state index contributed by atoms with van der Waals surface area (Å²) in [5.41, 5.74) is 9.10. The van der Waals surface area contributed by atoms with Gasteiger partial charge in [-0.15, -0.1) is 0 Å². The standard InChI is InChI=1S/C2H7N.CH4N.2Y/c1-2-3;1-2;;/h2-3H2,1H3;1-2H2;;/q;-1;;. The van der Waals surface area contributed by atoms with Gasteiger partial charge in [0.05, 0.1) is 0 Å². The molecule has 4 N–H and O–H groups in total. The quantitative estimate of drug-likeness (QED) is 0.582. The second-order valence-electron chi connectivity index (χ2n) is 0.408. The van der Waals surface area contributed by atoms with Gasteiger partial charge in [0.2, 0.25) is 0 Å². The minimum atomic E-state index is 0. The monoisotopic (exact) mass is 253 g/mol. The fraction of sp³-hybridized carbons (Fsp3) is 0.667. The van der Waals surface area contributed by atoms with E-state index < -0.39 is 0 Å². The molecule has 0 saturated carbocycles. The van der Waals surface area contributed by atoms with Gasteiger partial charge >= 0.3 is 0 Å². The summed E-state index contributed by atoms with van der Waals surface area (Å²) in [4.78, 5) is 0. The molecule has 0 aromatic rings. The van der Waals surface area contributed by atoms with E-state index in [1.807, 2.05) is 6.92 Å². The van der Waals surface area contributed by atoms with Crippen molar-refractivity contribution >= 4 is 0 Å². The van der Waals surface area contributed by atoms with Crippen LogP contribution in [0.5, 0.6) is 0 Å². The Morgan fingerprint density at radius 2 is 1.29 bits per heavy atom. The third-order valence-electron chi connectivity index (χ3n) is 0. The van der Waals surface area contributed by atoms with E-state index in [4.69, 9.17) is 5.73 Å². The minimum absolute atomic E-state index is 0. The molecule has 7 heavy (non-hydrogen) atoms. The molecule has 0 bridgehead atoms. The van der Waals surface area contributed by atoms with Gasteiger partial charge in [0, 0.05) is 65.4 Å². The van der Waals surface area contributed by atoms with E-state index in [1.54, 1.807) is 0 Å².